The first kappa shape index (κ1) is 14.0. The smallest absolute Gasteiger partial charge is 0.0957 e. The molecule has 1 saturated carbocycles. The number of hydrogen-bond acceptors (Lipinski definition) is 2. The molecule has 22 heavy (non-hydrogen) atoms. The zero-order valence-electron chi connectivity index (χ0n) is 13.6. The average molecular weight is 295 g/mol. The molecule has 116 valence electrons. The van der Waals surface area contributed by atoms with E-state index in [0.29, 0.717) is 11.5 Å². The van der Waals surface area contributed by atoms with Gasteiger partial charge in [0.15, 0.2) is 0 Å². The van der Waals surface area contributed by atoms with Crippen LogP contribution < -0.4 is 0 Å². The van der Waals surface area contributed by atoms with Crippen molar-refractivity contribution in [3.63, 3.8) is 0 Å². The number of pyridine rings is 1. The highest BCUT2D eigenvalue weighted by Crippen LogP contribution is 2.43. The van der Waals surface area contributed by atoms with Crippen LogP contribution >= 0.6 is 0 Å². The molecule has 0 aromatic carbocycles. The molecular formula is C19H25N3. The van der Waals surface area contributed by atoms with Crippen LogP contribution in [0.2, 0.25) is 0 Å². The Hall–Kier alpha value is -1.64. The van der Waals surface area contributed by atoms with Crippen LogP contribution in [0.3, 0.4) is 0 Å². The molecule has 3 nitrogen and oxygen atoms in total. The molecule has 1 atom stereocenters. The van der Waals surface area contributed by atoms with Crippen LogP contribution in [-0.2, 0) is 0 Å². The van der Waals surface area contributed by atoms with Gasteiger partial charge in [-0.2, -0.15) is 0 Å². The summed E-state index contributed by atoms with van der Waals surface area (Å²) in [5, 5.41) is 0. The fourth-order valence-electron chi connectivity index (χ4n) is 4.21. The van der Waals surface area contributed by atoms with Gasteiger partial charge in [-0.15, -0.1) is 0 Å². The van der Waals surface area contributed by atoms with Gasteiger partial charge in [-0.3, -0.25) is 4.98 Å². The van der Waals surface area contributed by atoms with Crippen molar-refractivity contribution in [2.45, 2.75) is 58.4 Å². The predicted octanol–water partition coefficient (Wildman–Crippen LogP) is 4.84. The summed E-state index contributed by atoms with van der Waals surface area (Å²) in [6.45, 7) is 4.83. The molecular weight excluding hydrogens is 270 g/mol. The molecule has 4 rings (SSSR count). The summed E-state index contributed by atoms with van der Waals surface area (Å²) in [6, 6.07) is 4.60. The van der Waals surface area contributed by atoms with Crippen molar-refractivity contribution in [1.29, 1.82) is 0 Å². The lowest BCUT2D eigenvalue weighted by molar-refractivity contribution is 0.180. The van der Waals surface area contributed by atoms with E-state index in [1.54, 1.807) is 0 Å². The molecule has 2 aromatic heterocycles. The van der Waals surface area contributed by atoms with Gasteiger partial charge < -0.3 is 4.57 Å². The van der Waals surface area contributed by atoms with E-state index < -0.39 is 0 Å². The molecule has 1 aliphatic heterocycles. The monoisotopic (exact) mass is 295 g/mol. The second kappa shape index (κ2) is 5.22. The van der Waals surface area contributed by atoms with Crippen molar-refractivity contribution in [2.75, 3.05) is 0 Å². The molecule has 1 unspecified atom stereocenters. The standard InChI is InChI=1S/C19H25N3/c1-19(2)9-7-14(8-10-19)5-6-16-18-15(4-3-11-21-18)17-12-20-13-22(16)17/h3-4,11-14,16H,5-10H2,1-2H3. The Morgan fingerprint density at radius 2 is 2.05 bits per heavy atom. The zero-order chi connectivity index (χ0) is 15.2. The molecule has 3 heterocycles. The molecule has 0 N–H and O–H groups in total. The molecule has 1 aliphatic carbocycles. The second-order valence-electron chi connectivity index (χ2n) is 7.82. The lowest BCUT2D eigenvalue weighted by Crippen LogP contribution is -2.21. The maximum Gasteiger partial charge on any atom is 0.0957 e. The van der Waals surface area contributed by atoms with Crippen molar-refractivity contribution < 1.29 is 0 Å². The SMILES string of the molecule is CC1(C)CCC(CCC2c3ncccc3-c3cncn32)CC1. The van der Waals surface area contributed by atoms with E-state index in [0.717, 1.165) is 5.92 Å². The Kier molecular flexibility index (Phi) is 3.32. The van der Waals surface area contributed by atoms with E-state index >= 15 is 0 Å². The van der Waals surface area contributed by atoms with Crippen LogP contribution in [0.4, 0.5) is 0 Å². The third kappa shape index (κ3) is 2.37. The highest BCUT2D eigenvalue weighted by Gasteiger charge is 2.31. The fraction of sp³-hybridized carbons (Fsp3) is 0.579. The number of fused-ring (bicyclic) bond motifs is 3. The molecule has 3 heteroatoms. The summed E-state index contributed by atoms with van der Waals surface area (Å²) in [5.74, 6) is 0.896. The number of rotatable bonds is 3. The Labute approximate surface area is 132 Å². The zero-order valence-corrected chi connectivity index (χ0v) is 13.6. The Morgan fingerprint density at radius 3 is 2.86 bits per heavy atom. The van der Waals surface area contributed by atoms with Crippen molar-refractivity contribution in [3.05, 3.63) is 36.5 Å². The number of nitrogens with zero attached hydrogens (tertiary/aromatic N) is 3. The first-order valence-electron chi connectivity index (χ1n) is 8.61. The van der Waals surface area contributed by atoms with Crippen LogP contribution in [0, 0.1) is 11.3 Å². The van der Waals surface area contributed by atoms with E-state index in [4.69, 9.17) is 0 Å². The molecule has 0 saturated heterocycles. The molecule has 0 bridgehead atoms. The fourth-order valence-corrected chi connectivity index (χ4v) is 4.21. The van der Waals surface area contributed by atoms with Gasteiger partial charge in [-0.25, -0.2) is 4.98 Å². The Morgan fingerprint density at radius 1 is 1.23 bits per heavy atom. The summed E-state index contributed by atoms with van der Waals surface area (Å²) in [7, 11) is 0. The van der Waals surface area contributed by atoms with Gasteiger partial charge in [-0.05, 0) is 62.0 Å². The molecule has 1 fully saturated rings. The summed E-state index contributed by atoms with van der Waals surface area (Å²) in [5.41, 5.74) is 4.32. The lowest BCUT2D eigenvalue weighted by atomic mass is 9.72. The normalized spacial score (nSPS) is 23.3. The van der Waals surface area contributed by atoms with Crippen LogP contribution in [0.5, 0.6) is 0 Å². The van der Waals surface area contributed by atoms with Crippen LogP contribution in [-0.4, -0.2) is 14.5 Å². The van der Waals surface area contributed by atoms with Crippen molar-refractivity contribution in [1.82, 2.24) is 14.5 Å². The topological polar surface area (TPSA) is 30.7 Å². The second-order valence-corrected chi connectivity index (χ2v) is 7.82. The summed E-state index contributed by atoms with van der Waals surface area (Å²) in [6.07, 6.45) is 13.9. The van der Waals surface area contributed by atoms with Gasteiger partial charge in [0.2, 0.25) is 0 Å². The lowest BCUT2D eigenvalue weighted by Gasteiger charge is -2.34. The number of imidazole rings is 1. The van der Waals surface area contributed by atoms with Gasteiger partial charge in [0.05, 0.1) is 30.0 Å². The summed E-state index contributed by atoms with van der Waals surface area (Å²) in [4.78, 5) is 9.01. The Bertz CT molecular complexity index is 661. The van der Waals surface area contributed by atoms with Crippen molar-refractivity contribution >= 4 is 0 Å². The molecule has 0 radical (unpaired) electrons. The van der Waals surface area contributed by atoms with E-state index in [-0.39, 0.29) is 0 Å². The van der Waals surface area contributed by atoms with Gasteiger partial charge in [0.1, 0.15) is 0 Å². The largest absolute Gasteiger partial charge is 0.321 e. The number of aromatic nitrogens is 3. The maximum atomic E-state index is 4.67. The van der Waals surface area contributed by atoms with Crippen LogP contribution in [0.25, 0.3) is 11.3 Å². The van der Waals surface area contributed by atoms with Crippen LogP contribution in [0.1, 0.15) is 64.1 Å². The Balaban J connectivity index is 1.48. The minimum absolute atomic E-state index is 0.392. The minimum atomic E-state index is 0.392. The predicted molar refractivity (Wildman–Crippen MR) is 88.6 cm³/mol. The highest BCUT2D eigenvalue weighted by molar-refractivity contribution is 5.66. The molecule has 0 spiro atoms. The van der Waals surface area contributed by atoms with Gasteiger partial charge in [-0.1, -0.05) is 13.8 Å². The summed E-state index contributed by atoms with van der Waals surface area (Å²) < 4.78 is 2.32. The first-order valence-corrected chi connectivity index (χ1v) is 8.61. The average Bonchev–Trinajstić information content (AvgIpc) is 3.08. The van der Waals surface area contributed by atoms with Gasteiger partial charge in [0, 0.05) is 11.8 Å². The van der Waals surface area contributed by atoms with E-state index in [1.165, 1.54) is 55.5 Å². The van der Waals surface area contributed by atoms with E-state index in [2.05, 4.69) is 34.4 Å². The molecule has 2 aromatic rings. The van der Waals surface area contributed by atoms with Crippen molar-refractivity contribution in [2.24, 2.45) is 11.3 Å². The van der Waals surface area contributed by atoms with Gasteiger partial charge >= 0.3 is 0 Å². The van der Waals surface area contributed by atoms with E-state index in [9.17, 15) is 0 Å². The third-order valence-corrected chi connectivity index (χ3v) is 5.74. The maximum absolute atomic E-state index is 4.67. The molecule has 2 aliphatic rings. The first-order chi connectivity index (χ1) is 10.6. The minimum Gasteiger partial charge on any atom is -0.321 e. The highest BCUT2D eigenvalue weighted by atomic mass is 15.1. The number of hydrogen-bond donors (Lipinski definition) is 0. The third-order valence-electron chi connectivity index (χ3n) is 5.74. The molecule has 0 amide bonds. The summed E-state index contributed by atoms with van der Waals surface area (Å²) >= 11 is 0. The van der Waals surface area contributed by atoms with Crippen LogP contribution in [0.15, 0.2) is 30.9 Å². The quantitative estimate of drug-likeness (QED) is 0.810. The van der Waals surface area contributed by atoms with Gasteiger partial charge in [0.25, 0.3) is 0 Å². The van der Waals surface area contributed by atoms with Crippen molar-refractivity contribution in [3.8, 4) is 11.3 Å². The van der Waals surface area contributed by atoms with E-state index in [1.807, 2.05) is 24.8 Å².